The lowest BCUT2D eigenvalue weighted by atomic mass is 10.3. The number of hydrogen-bond donors (Lipinski definition) is 1. The first-order valence-corrected chi connectivity index (χ1v) is 9.31. The van der Waals surface area contributed by atoms with Crippen molar-refractivity contribution in [3.05, 3.63) is 58.4 Å². The maximum Gasteiger partial charge on any atom is 0.270 e. The summed E-state index contributed by atoms with van der Waals surface area (Å²) in [4.78, 5) is 14.2. The van der Waals surface area contributed by atoms with Crippen LogP contribution in [0.25, 0.3) is 0 Å². The van der Waals surface area contributed by atoms with Gasteiger partial charge in [-0.15, -0.1) is 0 Å². The van der Waals surface area contributed by atoms with E-state index in [0.29, 0.717) is 0 Å². The molecule has 0 atom stereocenters. The number of sulfonamides is 1. The van der Waals surface area contributed by atoms with E-state index in [1.807, 2.05) is 0 Å². The Morgan fingerprint density at radius 3 is 2.62 bits per heavy atom. The van der Waals surface area contributed by atoms with Gasteiger partial charge in [-0.1, -0.05) is 19.9 Å². The second-order valence-corrected chi connectivity index (χ2v) is 7.09. The fourth-order valence-electron chi connectivity index (χ4n) is 2.26. The first kappa shape index (κ1) is 19.5. The van der Waals surface area contributed by atoms with Crippen LogP contribution in [-0.2, 0) is 10.0 Å². The Morgan fingerprint density at radius 1 is 1.31 bits per heavy atom. The topological polar surface area (TPSA) is 118 Å². The average Bonchev–Trinajstić information content (AvgIpc) is 2.63. The molecule has 2 rings (SSSR count). The van der Waals surface area contributed by atoms with Crippen molar-refractivity contribution in [3.8, 4) is 0 Å². The van der Waals surface area contributed by atoms with E-state index in [9.17, 15) is 18.5 Å². The van der Waals surface area contributed by atoms with Gasteiger partial charge in [-0.2, -0.15) is 9.41 Å². The monoisotopic (exact) mass is 377 g/mol. The van der Waals surface area contributed by atoms with Gasteiger partial charge in [-0.25, -0.2) is 8.42 Å². The van der Waals surface area contributed by atoms with Gasteiger partial charge in [-0.3, -0.25) is 20.5 Å². The molecule has 0 saturated heterocycles. The van der Waals surface area contributed by atoms with Gasteiger partial charge in [0.25, 0.3) is 5.69 Å². The van der Waals surface area contributed by atoms with E-state index in [-0.39, 0.29) is 29.4 Å². The lowest BCUT2D eigenvalue weighted by Gasteiger charge is -2.20. The van der Waals surface area contributed by atoms with Gasteiger partial charge in [0, 0.05) is 43.2 Å². The molecule has 2 aromatic rings. The first-order valence-electron chi connectivity index (χ1n) is 7.87. The standard InChI is InChI=1S/C16H19N5O4S/c1-3-20(4-2)26(24,25)16-10-14(21(22)23)7-8-15(16)19-18-12-13-6-5-9-17-11-13/h5-12,19H,3-4H2,1-2H3/b18-12-. The van der Waals surface area contributed by atoms with Crippen LogP contribution in [0.15, 0.2) is 52.7 Å². The van der Waals surface area contributed by atoms with Crippen LogP contribution in [0.3, 0.4) is 0 Å². The summed E-state index contributed by atoms with van der Waals surface area (Å²) in [5, 5.41) is 15.0. The molecule has 10 heteroatoms. The number of anilines is 1. The van der Waals surface area contributed by atoms with Crippen molar-refractivity contribution in [1.29, 1.82) is 0 Å². The number of benzene rings is 1. The van der Waals surface area contributed by atoms with Gasteiger partial charge in [-0.05, 0) is 12.1 Å². The molecule has 0 bridgehead atoms. The summed E-state index contributed by atoms with van der Waals surface area (Å²) in [5.41, 5.74) is 3.22. The van der Waals surface area contributed by atoms with Gasteiger partial charge < -0.3 is 0 Å². The Labute approximate surface area is 151 Å². The van der Waals surface area contributed by atoms with Gasteiger partial charge >= 0.3 is 0 Å². The minimum absolute atomic E-state index is 0.155. The van der Waals surface area contributed by atoms with Gasteiger partial charge in [0.05, 0.1) is 16.8 Å². The van der Waals surface area contributed by atoms with Crippen molar-refractivity contribution >= 4 is 27.6 Å². The molecular formula is C16H19N5O4S. The number of nitrogens with zero attached hydrogens (tertiary/aromatic N) is 4. The zero-order valence-electron chi connectivity index (χ0n) is 14.4. The molecule has 1 N–H and O–H groups in total. The van der Waals surface area contributed by atoms with E-state index >= 15 is 0 Å². The highest BCUT2D eigenvalue weighted by atomic mass is 32.2. The van der Waals surface area contributed by atoms with Crippen molar-refractivity contribution in [2.24, 2.45) is 5.10 Å². The summed E-state index contributed by atoms with van der Waals surface area (Å²) in [6, 6.07) is 7.11. The normalized spacial score (nSPS) is 11.8. The quantitative estimate of drug-likeness (QED) is 0.429. The Balaban J connectivity index is 2.42. The predicted octanol–water partition coefficient (Wildman–Crippen LogP) is 2.47. The Hall–Kier alpha value is -2.85. The summed E-state index contributed by atoms with van der Waals surface area (Å²) in [5.74, 6) is 0. The summed E-state index contributed by atoms with van der Waals surface area (Å²) >= 11 is 0. The van der Waals surface area contributed by atoms with Gasteiger partial charge in [0.15, 0.2) is 0 Å². The number of aromatic nitrogens is 1. The Morgan fingerprint density at radius 2 is 2.04 bits per heavy atom. The minimum atomic E-state index is -3.90. The number of pyridine rings is 1. The lowest BCUT2D eigenvalue weighted by molar-refractivity contribution is -0.385. The number of nitrogens with one attached hydrogen (secondary N) is 1. The number of nitro benzene ring substituents is 1. The molecule has 0 fully saturated rings. The van der Waals surface area contributed by atoms with E-state index in [4.69, 9.17) is 0 Å². The van der Waals surface area contributed by atoms with E-state index in [2.05, 4.69) is 15.5 Å². The highest BCUT2D eigenvalue weighted by Gasteiger charge is 2.27. The summed E-state index contributed by atoms with van der Waals surface area (Å²) < 4.78 is 26.9. The molecule has 0 spiro atoms. The van der Waals surface area contributed by atoms with E-state index in [1.165, 1.54) is 22.7 Å². The molecule has 0 aliphatic carbocycles. The average molecular weight is 377 g/mol. The number of rotatable bonds is 8. The Bertz CT molecular complexity index is 896. The van der Waals surface area contributed by atoms with Crippen LogP contribution in [0.2, 0.25) is 0 Å². The molecule has 0 saturated carbocycles. The molecule has 0 amide bonds. The van der Waals surface area contributed by atoms with Gasteiger partial charge in [0.2, 0.25) is 10.0 Å². The molecule has 138 valence electrons. The van der Waals surface area contributed by atoms with Crippen molar-refractivity contribution in [2.75, 3.05) is 18.5 Å². The van der Waals surface area contributed by atoms with E-state index < -0.39 is 14.9 Å². The fraction of sp³-hybridized carbons (Fsp3) is 0.250. The highest BCUT2D eigenvalue weighted by Crippen LogP contribution is 2.29. The number of nitro groups is 1. The first-order chi connectivity index (χ1) is 12.4. The minimum Gasteiger partial charge on any atom is -0.277 e. The molecule has 0 unspecified atom stereocenters. The second-order valence-electron chi connectivity index (χ2n) is 5.18. The third-order valence-electron chi connectivity index (χ3n) is 3.58. The molecule has 26 heavy (non-hydrogen) atoms. The molecule has 0 aliphatic heterocycles. The predicted molar refractivity (Wildman–Crippen MR) is 98.7 cm³/mol. The third-order valence-corrected chi connectivity index (χ3v) is 5.67. The SMILES string of the molecule is CCN(CC)S(=O)(=O)c1cc([N+](=O)[O-])ccc1N/N=C\c1cccnc1. The molecule has 0 aliphatic rings. The highest BCUT2D eigenvalue weighted by molar-refractivity contribution is 7.89. The molecule has 1 aromatic heterocycles. The Kier molecular flexibility index (Phi) is 6.36. The molecule has 0 radical (unpaired) electrons. The van der Waals surface area contributed by atoms with Crippen LogP contribution in [0, 0.1) is 10.1 Å². The van der Waals surface area contributed by atoms with Gasteiger partial charge in [0.1, 0.15) is 4.90 Å². The third kappa shape index (κ3) is 4.41. The zero-order valence-corrected chi connectivity index (χ0v) is 15.2. The number of hydrogen-bond acceptors (Lipinski definition) is 7. The van der Waals surface area contributed by atoms with Crippen LogP contribution in [0.4, 0.5) is 11.4 Å². The van der Waals surface area contributed by atoms with Crippen molar-refractivity contribution in [3.63, 3.8) is 0 Å². The summed E-state index contributed by atoms with van der Waals surface area (Å²) in [6.07, 6.45) is 4.69. The van der Waals surface area contributed by atoms with Crippen molar-refractivity contribution in [1.82, 2.24) is 9.29 Å². The molecule has 1 aromatic carbocycles. The van der Waals surface area contributed by atoms with Crippen molar-refractivity contribution < 1.29 is 13.3 Å². The summed E-state index contributed by atoms with van der Waals surface area (Å²) in [7, 11) is -3.90. The second kappa shape index (κ2) is 8.50. The largest absolute Gasteiger partial charge is 0.277 e. The van der Waals surface area contributed by atoms with Crippen LogP contribution >= 0.6 is 0 Å². The number of hydrazone groups is 1. The lowest BCUT2D eigenvalue weighted by Crippen LogP contribution is -2.31. The van der Waals surface area contributed by atoms with Crippen LogP contribution in [0.5, 0.6) is 0 Å². The molecular weight excluding hydrogens is 358 g/mol. The van der Waals surface area contributed by atoms with E-state index in [1.54, 1.807) is 38.4 Å². The van der Waals surface area contributed by atoms with Crippen LogP contribution < -0.4 is 5.43 Å². The zero-order chi connectivity index (χ0) is 19.2. The number of non-ortho nitro benzene ring substituents is 1. The van der Waals surface area contributed by atoms with E-state index in [0.717, 1.165) is 11.6 Å². The molecule has 9 nitrogen and oxygen atoms in total. The summed E-state index contributed by atoms with van der Waals surface area (Å²) in [6.45, 7) is 3.90. The maximum atomic E-state index is 12.8. The molecule has 1 heterocycles. The van der Waals surface area contributed by atoms with Crippen LogP contribution in [0.1, 0.15) is 19.4 Å². The smallest absolute Gasteiger partial charge is 0.270 e. The fourth-order valence-corrected chi connectivity index (χ4v) is 3.88. The maximum absolute atomic E-state index is 12.8. The van der Waals surface area contributed by atoms with Crippen LogP contribution in [-0.4, -0.2) is 41.9 Å². The van der Waals surface area contributed by atoms with Crippen molar-refractivity contribution in [2.45, 2.75) is 18.7 Å².